The molecule has 146 valence electrons. The summed E-state index contributed by atoms with van der Waals surface area (Å²) in [5.74, 6) is 0. The van der Waals surface area contributed by atoms with Crippen LogP contribution in [0, 0.1) is 0 Å². The van der Waals surface area contributed by atoms with Crippen molar-refractivity contribution in [3.8, 4) is 0 Å². The molecule has 4 nitrogen and oxygen atoms in total. The lowest BCUT2D eigenvalue weighted by molar-refractivity contribution is -0.588. The lowest BCUT2D eigenvalue weighted by Gasteiger charge is -2.11. The van der Waals surface area contributed by atoms with Crippen LogP contribution < -0.4 is 10.2 Å². The van der Waals surface area contributed by atoms with Crippen LogP contribution in [0.4, 0.5) is 11.4 Å². The van der Waals surface area contributed by atoms with E-state index >= 15 is 0 Å². The van der Waals surface area contributed by atoms with Crippen LogP contribution in [0.3, 0.4) is 0 Å². The van der Waals surface area contributed by atoms with E-state index in [1.165, 1.54) is 44.3 Å². The summed E-state index contributed by atoms with van der Waals surface area (Å²) in [5, 5.41) is 10.6. The Morgan fingerprint density at radius 2 is 1.65 bits per heavy atom. The molecule has 0 saturated carbocycles. The van der Waals surface area contributed by atoms with Crippen molar-refractivity contribution in [1.29, 1.82) is 0 Å². The zero-order chi connectivity index (χ0) is 19.5. The molecule has 1 rings (SSSR count). The first kappa shape index (κ1) is 24.1. The van der Waals surface area contributed by atoms with Gasteiger partial charge in [-0.05, 0) is 43.2 Å². The molecule has 2 N–H and O–H groups in total. The minimum Gasteiger partial charge on any atom is -0.378 e. The standard InChI is InChI=1S/C20H32N4.C2H6/c1-4-5-6-7-9-16-21-17-10-8-11-18-22-23-19-12-14-20(15-13-19)24(2)3;1-2/h8,10-15,17,21H,4-7,9,16,18H2,1-3H3;1-2H3/p+1/b11-8-,17-10-,23-22?;. The number of anilines is 1. The summed E-state index contributed by atoms with van der Waals surface area (Å²) < 4.78 is 0. The maximum atomic E-state index is 4.21. The maximum absolute atomic E-state index is 4.21. The van der Waals surface area contributed by atoms with E-state index in [1.54, 1.807) is 0 Å². The van der Waals surface area contributed by atoms with Crippen molar-refractivity contribution < 1.29 is 5.32 Å². The van der Waals surface area contributed by atoms with Crippen LogP contribution in [0.5, 0.6) is 0 Å². The van der Waals surface area contributed by atoms with Gasteiger partial charge in [-0.2, -0.15) is 10.2 Å². The van der Waals surface area contributed by atoms with Gasteiger partial charge in [0.05, 0.1) is 25.0 Å². The number of hydrogen-bond donors (Lipinski definition) is 1. The van der Waals surface area contributed by atoms with Gasteiger partial charge in [-0.25, -0.2) is 0 Å². The predicted octanol–water partition coefficient (Wildman–Crippen LogP) is 5.47. The van der Waals surface area contributed by atoms with Crippen molar-refractivity contribution in [2.24, 2.45) is 10.2 Å². The molecular formula is C22H39N4+. The van der Waals surface area contributed by atoms with E-state index in [-0.39, 0.29) is 0 Å². The molecule has 0 atom stereocenters. The number of unbranched alkanes of at least 4 members (excludes halogenated alkanes) is 4. The molecule has 0 aliphatic heterocycles. The van der Waals surface area contributed by atoms with Crippen molar-refractivity contribution >= 4 is 11.4 Å². The number of quaternary nitrogens is 1. The van der Waals surface area contributed by atoms with E-state index in [2.05, 4.69) is 39.6 Å². The Morgan fingerprint density at radius 3 is 2.31 bits per heavy atom. The van der Waals surface area contributed by atoms with Gasteiger partial charge in [0.2, 0.25) is 0 Å². The zero-order valence-corrected chi connectivity index (χ0v) is 17.5. The van der Waals surface area contributed by atoms with Crippen LogP contribution in [0.25, 0.3) is 0 Å². The van der Waals surface area contributed by atoms with E-state index in [1.807, 2.05) is 64.4 Å². The van der Waals surface area contributed by atoms with Crippen LogP contribution in [0.2, 0.25) is 0 Å². The second kappa shape index (κ2) is 17.9. The summed E-state index contributed by atoms with van der Waals surface area (Å²) in [6, 6.07) is 8.06. The monoisotopic (exact) mass is 359 g/mol. The van der Waals surface area contributed by atoms with Gasteiger partial charge in [0, 0.05) is 19.8 Å². The highest BCUT2D eigenvalue weighted by Gasteiger charge is 1.94. The van der Waals surface area contributed by atoms with E-state index in [4.69, 9.17) is 0 Å². The first-order chi connectivity index (χ1) is 12.7. The molecule has 1 aromatic carbocycles. The van der Waals surface area contributed by atoms with Crippen molar-refractivity contribution in [1.82, 2.24) is 0 Å². The number of allylic oxidation sites excluding steroid dienone is 2. The third kappa shape index (κ3) is 13.4. The van der Waals surface area contributed by atoms with Crippen molar-refractivity contribution in [2.45, 2.75) is 52.9 Å². The van der Waals surface area contributed by atoms with Crippen molar-refractivity contribution in [3.63, 3.8) is 0 Å². The van der Waals surface area contributed by atoms with Crippen LogP contribution in [0.15, 0.2) is 58.9 Å². The van der Waals surface area contributed by atoms with Crippen molar-refractivity contribution in [2.75, 3.05) is 32.1 Å². The first-order valence-corrected chi connectivity index (χ1v) is 10.0. The molecule has 0 amide bonds. The summed E-state index contributed by atoms with van der Waals surface area (Å²) in [7, 11) is 4.05. The molecule has 4 heteroatoms. The number of nitrogens with zero attached hydrogens (tertiary/aromatic N) is 3. The van der Waals surface area contributed by atoms with Crippen LogP contribution in [-0.2, 0) is 0 Å². The van der Waals surface area contributed by atoms with Gasteiger partial charge in [-0.1, -0.05) is 52.2 Å². The highest BCUT2D eigenvalue weighted by Crippen LogP contribution is 2.18. The Labute approximate surface area is 161 Å². The van der Waals surface area contributed by atoms with Gasteiger partial charge in [-0.15, -0.1) is 0 Å². The quantitative estimate of drug-likeness (QED) is 0.300. The molecular weight excluding hydrogens is 320 g/mol. The molecule has 0 aliphatic rings. The summed E-state index contributed by atoms with van der Waals surface area (Å²) in [6.45, 7) is 8.04. The molecule has 0 fully saturated rings. The fourth-order valence-electron chi connectivity index (χ4n) is 2.23. The smallest absolute Gasteiger partial charge is 0.0925 e. The fraction of sp³-hybridized carbons (Fsp3) is 0.545. The first-order valence-electron chi connectivity index (χ1n) is 10.0. The molecule has 0 aromatic heterocycles. The number of nitrogens with two attached hydrogens (primary N) is 1. The van der Waals surface area contributed by atoms with Gasteiger partial charge < -0.3 is 10.2 Å². The van der Waals surface area contributed by atoms with Crippen LogP contribution in [0.1, 0.15) is 52.9 Å². The van der Waals surface area contributed by atoms with E-state index in [9.17, 15) is 0 Å². The summed E-state index contributed by atoms with van der Waals surface area (Å²) >= 11 is 0. The topological polar surface area (TPSA) is 44.6 Å². The Hall–Kier alpha value is -1.94. The molecule has 0 bridgehead atoms. The van der Waals surface area contributed by atoms with Gasteiger partial charge in [-0.3, -0.25) is 0 Å². The maximum Gasteiger partial charge on any atom is 0.0925 e. The molecule has 0 unspecified atom stereocenters. The lowest BCUT2D eigenvalue weighted by atomic mass is 10.1. The van der Waals surface area contributed by atoms with E-state index in [0.717, 1.165) is 5.69 Å². The largest absolute Gasteiger partial charge is 0.378 e. The van der Waals surface area contributed by atoms with E-state index in [0.29, 0.717) is 6.54 Å². The third-order valence-electron chi connectivity index (χ3n) is 3.71. The normalized spacial score (nSPS) is 11.3. The molecule has 0 saturated heterocycles. The molecule has 1 aromatic rings. The second-order valence-corrected chi connectivity index (χ2v) is 6.09. The Balaban J connectivity index is 0.00000301. The van der Waals surface area contributed by atoms with Crippen LogP contribution in [-0.4, -0.2) is 27.2 Å². The number of hydrogen-bond acceptors (Lipinski definition) is 3. The SMILES string of the molecule is CC.CCCCCCC[NH2+]/C=C\C=C/CN=Nc1ccc(N(C)C)cc1. The fourth-order valence-corrected chi connectivity index (χ4v) is 2.23. The van der Waals surface area contributed by atoms with Gasteiger partial charge in [0.25, 0.3) is 0 Å². The van der Waals surface area contributed by atoms with Gasteiger partial charge in [0.1, 0.15) is 0 Å². The highest BCUT2D eigenvalue weighted by molar-refractivity contribution is 5.51. The minimum atomic E-state index is 0.608. The minimum absolute atomic E-state index is 0.608. The molecule has 26 heavy (non-hydrogen) atoms. The predicted molar refractivity (Wildman–Crippen MR) is 115 cm³/mol. The average molecular weight is 360 g/mol. The number of azo groups is 1. The molecule has 0 spiro atoms. The lowest BCUT2D eigenvalue weighted by Crippen LogP contribution is -2.77. The number of benzene rings is 1. The summed E-state index contributed by atoms with van der Waals surface area (Å²) in [4.78, 5) is 2.07. The van der Waals surface area contributed by atoms with Crippen molar-refractivity contribution in [3.05, 3.63) is 48.7 Å². The summed E-state index contributed by atoms with van der Waals surface area (Å²) in [5.41, 5.74) is 2.06. The summed E-state index contributed by atoms with van der Waals surface area (Å²) in [6.07, 6.45) is 14.9. The number of rotatable bonds is 12. The second-order valence-electron chi connectivity index (χ2n) is 6.09. The Kier molecular flexibility index (Phi) is 16.5. The van der Waals surface area contributed by atoms with Gasteiger partial charge in [0.15, 0.2) is 0 Å². The average Bonchev–Trinajstić information content (AvgIpc) is 2.67. The van der Waals surface area contributed by atoms with Crippen LogP contribution >= 0.6 is 0 Å². The Morgan fingerprint density at radius 1 is 0.962 bits per heavy atom. The highest BCUT2D eigenvalue weighted by atomic mass is 15.1. The Bertz CT molecular complexity index is 501. The van der Waals surface area contributed by atoms with Gasteiger partial charge >= 0.3 is 0 Å². The third-order valence-corrected chi connectivity index (χ3v) is 3.71. The molecule has 0 radical (unpaired) electrons. The molecule has 0 heterocycles. The van der Waals surface area contributed by atoms with E-state index < -0.39 is 0 Å². The molecule has 0 aliphatic carbocycles. The zero-order valence-electron chi connectivity index (χ0n) is 17.5.